The summed E-state index contributed by atoms with van der Waals surface area (Å²) in [5, 5.41) is 10.6. The maximum atomic E-state index is 9.97. The van der Waals surface area contributed by atoms with Gasteiger partial charge in [-0.05, 0) is 44.2 Å². The minimum atomic E-state index is 0.210. The minimum Gasteiger partial charge on any atom is -0.507 e. The van der Waals surface area contributed by atoms with Crippen molar-refractivity contribution >= 4 is 29.2 Å². The van der Waals surface area contributed by atoms with Crippen molar-refractivity contribution < 1.29 is 5.11 Å². The molecule has 0 fully saturated rings. The summed E-state index contributed by atoms with van der Waals surface area (Å²) < 4.78 is 0. The smallest absolute Gasteiger partial charge is 0.124 e. The van der Waals surface area contributed by atoms with Gasteiger partial charge in [-0.1, -0.05) is 23.7 Å². The van der Waals surface area contributed by atoms with Crippen molar-refractivity contribution in [3.05, 3.63) is 53.1 Å². The molecule has 0 unspecified atom stereocenters. The van der Waals surface area contributed by atoms with Gasteiger partial charge in [0.2, 0.25) is 0 Å². The van der Waals surface area contributed by atoms with Crippen LogP contribution in [0.1, 0.15) is 19.4 Å². The quantitative estimate of drug-likeness (QED) is 0.817. The SMILES string of the molecule is CCN(CC)c1ccc(O)c(C=Nc2ccccc2Cl)c1. The van der Waals surface area contributed by atoms with Gasteiger partial charge < -0.3 is 10.0 Å². The fourth-order valence-corrected chi connectivity index (χ4v) is 2.31. The van der Waals surface area contributed by atoms with Crippen molar-refractivity contribution in [2.24, 2.45) is 4.99 Å². The molecule has 0 aliphatic heterocycles. The topological polar surface area (TPSA) is 35.8 Å². The third-order valence-corrected chi connectivity index (χ3v) is 3.65. The number of anilines is 1. The van der Waals surface area contributed by atoms with Crippen molar-refractivity contribution in [3.63, 3.8) is 0 Å². The van der Waals surface area contributed by atoms with E-state index < -0.39 is 0 Å². The Morgan fingerprint density at radius 1 is 1.14 bits per heavy atom. The van der Waals surface area contributed by atoms with E-state index in [2.05, 4.69) is 23.7 Å². The molecule has 1 N–H and O–H groups in total. The molecule has 2 aromatic rings. The lowest BCUT2D eigenvalue weighted by Gasteiger charge is -2.21. The lowest BCUT2D eigenvalue weighted by Crippen LogP contribution is -2.21. The Morgan fingerprint density at radius 2 is 1.86 bits per heavy atom. The van der Waals surface area contributed by atoms with E-state index in [-0.39, 0.29) is 5.75 Å². The number of phenolic OH excluding ortho intramolecular Hbond substituents is 1. The normalized spacial score (nSPS) is 11.0. The monoisotopic (exact) mass is 302 g/mol. The van der Waals surface area contributed by atoms with Crippen molar-refractivity contribution in [1.82, 2.24) is 0 Å². The second kappa shape index (κ2) is 7.14. The van der Waals surface area contributed by atoms with Crippen LogP contribution < -0.4 is 4.90 Å². The van der Waals surface area contributed by atoms with Crippen LogP contribution in [0.25, 0.3) is 0 Å². The molecular weight excluding hydrogens is 284 g/mol. The molecule has 0 saturated heterocycles. The zero-order valence-corrected chi connectivity index (χ0v) is 13.0. The molecule has 2 rings (SSSR count). The Kier molecular flexibility index (Phi) is 5.23. The summed E-state index contributed by atoms with van der Waals surface area (Å²) in [5.74, 6) is 0.210. The van der Waals surface area contributed by atoms with Crippen LogP contribution in [0, 0.1) is 0 Å². The highest BCUT2D eigenvalue weighted by Crippen LogP contribution is 2.26. The maximum absolute atomic E-state index is 9.97. The Hall–Kier alpha value is -2.00. The highest BCUT2D eigenvalue weighted by Gasteiger charge is 2.05. The fraction of sp³-hybridized carbons (Fsp3) is 0.235. The first-order valence-electron chi connectivity index (χ1n) is 7.02. The number of benzene rings is 2. The van der Waals surface area contributed by atoms with E-state index in [1.54, 1.807) is 18.3 Å². The molecule has 0 atom stereocenters. The standard InChI is InChI=1S/C17H19ClN2O/c1-3-20(4-2)14-9-10-17(21)13(11-14)12-19-16-8-6-5-7-15(16)18/h5-12,21H,3-4H2,1-2H3. The van der Waals surface area contributed by atoms with Crippen LogP contribution in [-0.4, -0.2) is 24.4 Å². The predicted molar refractivity (Wildman–Crippen MR) is 90.4 cm³/mol. The number of rotatable bonds is 5. The largest absolute Gasteiger partial charge is 0.507 e. The fourth-order valence-electron chi connectivity index (χ4n) is 2.13. The Balaban J connectivity index is 2.31. The van der Waals surface area contributed by atoms with Crippen LogP contribution in [0.15, 0.2) is 47.5 Å². The Labute approximate surface area is 130 Å². The zero-order chi connectivity index (χ0) is 15.2. The molecule has 0 bridgehead atoms. The zero-order valence-electron chi connectivity index (χ0n) is 12.3. The van der Waals surface area contributed by atoms with E-state index in [9.17, 15) is 5.11 Å². The average Bonchev–Trinajstić information content (AvgIpc) is 2.50. The Bertz CT molecular complexity index is 636. The third-order valence-electron chi connectivity index (χ3n) is 3.33. The van der Waals surface area contributed by atoms with Gasteiger partial charge >= 0.3 is 0 Å². The van der Waals surface area contributed by atoms with E-state index >= 15 is 0 Å². The van der Waals surface area contributed by atoms with Crippen molar-refractivity contribution in [3.8, 4) is 5.75 Å². The van der Waals surface area contributed by atoms with Gasteiger partial charge in [-0.2, -0.15) is 0 Å². The van der Waals surface area contributed by atoms with Gasteiger partial charge in [0, 0.05) is 30.6 Å². The summed E-state index contributed by atoms with van der Waals surface area (Å²) >= 11 is 6.07. The minimum absolute atomic E-state index is 0.210. The highest BCUT2D eigenvalue weighted by molar-refractivity contribution is 6.33. The summed E-state index contributed by atoms with van der Waals surface area (Å²) in [4.78, 5) is 6.57. The van der Waals surface area contributed by atoms with E-state index in [1.807, 2.05) is 30.3 Å². The molecule has 0 heterocycles. The number of aliphatic imine (C=N–C) groups is 1. The van der Waals surface area contributed by atoms with Crippen LogP contribution in [0.2, 0.25) is 5.02 Å². The van der Waals surface area contributed by atoms with E-state index in [1.165, 1.54) is 0 Å². The summed E-state index contributed by atoms with van der Waals surface area (Å²) in [6.45, 7) is 6.05. The molecular formula is C17H19ClN2O. The lowest BCUT2D eigenvalue weighted by molar-refractivity contribution is 0.474. The number of para-hydroxylation sites is 1. The molecule has 2 aromatic carbocycles. The van der Waals surface area contributed by atoms with Gasteiger partial charge in [0.15, 0.2) is 0 Å². The van der Waals surface area contributed by atoms with Crippen LogP contribution in [0.5, 0.6) is 5.75 Å². The van der Waals surface area contributed by atoms with Crippen LogP contribution >= 0.6 is 11.6 Å². The highest BCUT2D eigenvalue weighted by atomic mass is 35.5. The molecule has 0 saturated carbocycles. The van der Waals surface area contributed by atoms with Gasteiger partial charge in [-0.15, -0.1) is 0 Å². The second-order valence-corrected chi connectivity index (χ2v) is 5.03. The van der Waals surface area contributed by atoms with Gasteiger partial charge in [-0.3, -0.25) is 4.99 Å². The van der Waals surface area contributed by atoms with E-state index in [0.29, 0.717) is 16.3 Å². The molecule has 0 aromatic heterocycles. The number of phenols is 1. The maximum Gasteiger partial charge on any atom is 0.124 e. The van der Waals surface area contributed by atoms with Crippen LogP contribution in [0.3, 0.4) is 0 Å². The average molecular weight is 303 g/mol. The molecule has 0 aliphatic carbocycles. The van der Waals surface area contributed by atoms with E-state index in [4.69, 9.17) is 11.6 Å². The van der Waals surface area contributed by atoms with Crippen LogP contribution in [0.4, 0.5) is 11.4 Å². The van der Waals surface area contributed by atoms with E-state index in [0.717, 1.165) is 18.8 Å². The predicted octanol–water partition coefficient (Wildman–Crippen LogP) is 4.64. The number of halogens is 1. The molecule has 3 nitrogen and oxygen atoms in total. The first kappa shape index (κ1) is 15.4. The van der Waals surface area contributed by atoms with Gasteiger partial charge in [0.05, 0.1) is 10.7 Å². The van der Waals surface area contributed by atoms with Crippen molar-refractivity contribution in [2.45, 2.75) is 13.8 Å². The molecule has 0 radical (unpaired) electrons. The first-order chi connectivity index (χ1) is 10.2. The van der Waals surface area contributed by atoms with Crippen molar-refractivity contribution in [1.29, 1.82) is 0 Å². The number of hydrogen-bond donors (Lipinski definition) is 1. The molecule has 0 aliphatic rings. The third kappa shape index (κ3) is 3.76. The van der Waals surface area contributed by atoms with Crippen LogP contribution in [-0.2, 0) is 0 Å². The summed E-state index contributed by atoms with van der Waals surface area (Å²) in [6.07, 6.45) is 1.64. The number of aromatic hydroxyl groups is 1. The molecule has 110 valence electrons. The molecule has 4 heteroatoms. The summed E-state index contributed by atoms with van der Waals surface area (Å²) in [7, 11) is 0. The first-order valence-corrected chi connectivity index (χ1v) is 7.40. The summed E-state index contributed by atoms with van der Waals surface area (Å²) in [5.41, 5.74) is 2.43. The van der Waals surface area contributed by atoms with Crippen molar-refractivity contribution in [2.75, 3.05) is 18.0 Å². The Morgan fingerprint density at radius 3 is 2.52 bits per heavy atom. The lowest BCUT2D eigenvalue weighted by atomic mass is 10.1. The molecule has 21 heavy (non-hydrogen) atoms. The molecule has 0 amide bonds. The van der Waals surface area contributed by atoms with Gasteiger partial charge in [0.25, 0.3) is 0 Å². The number of hydrogen-bond acceptors (Lipinski definition) is 3. The van der Waals surface area contributed by atoms with Gasteiger partial charge in [-0.25, -0.2) is 0 Å². The second-order valence-electron chi connectivity index (χ2n) is 4.63. The molecule has 0 spiro atoms. The number of nitrogens with zero attached hydrogens (tertiary/aromatic N) is 2. The van der Waals surface area contributed by atoms with Gasteiger partial charge in [0.1, 0.15) is 5.75 Å². The summed E-state index contributed by atoms with van der Waals surface area (Å²) in [6, 6.07) is 12.9.